The molecule has 1 atom stereocenters. The van der Waals surface area contributed by atoms with E-state index < -0.39 is 10.0 Å². The summed E-state index contributed by atoms with van der Waals surface area (Å²) in [6.45, 7) is 0.231. The van der Waals surface area contributed by atoms with E-state index in [9.17, 15) is 8.42 Å². The first-order chi connectivity index (χ1) is 11.3. The zero-order chi connectivity index (χ0) is 17.7. The van der Waals surface area contributed by atoms with E-state index in [2.05, 4.69) is 4.72 Å². The highest BCUT2D eigenvalue weighted by atomic mass is 35.5. The van der Waals surface area contributed by atoms with Crippen molar-refractivity contribution < 1.29 is 13.2 Å². The molecule has 2 aromatic rings. The van der Waals surface area contributed by atoms with Crippen LogP contribution in [0.1, 0.15) is 11.6 Å². The van der Waals surface area contributed by atoms with E-state index in [1.54, 1.807) is 6.07 Å². The van der Waals surface area contributed by atoms with Crippen LogP contribution in [-0.2, 0) is 10.0 Å². The Labute approximate surface area is 148 Å². The van der Waals surface area contributed by atoms with E-state index in [1.807, 2.05) is 49.3 Å². The molecule has 5 nitrogen and oxygen atoms in total. The number of benzene rings is 2. The first-order valence-electron chi connectivity index (χ1n) is 7.39. The quantitative estimate of drug-likeness (QED) is 0.816. The number of ether oxygens (including phenoxy) is 1. The van der Waals surface area contributed by atoms with Gasteiger partial charge in [0.25, 0.3) is 0 Å². The molecule has 0 aliphatic carbocycles. The van der Waals surface area contributed by atoms with E-state index in [4.69, 9.17) is 16.3 Å². The number of nitrogens with zero attached hydrogens (tertiary/aromatic N) is 1. The van der Waals surface area contributed by atoms with Crippen molar-refractivity contribution in [2.45, 2.75) is 10.9 Å². The number of halogens is 1. The van der Waals surface area contributed by atoms with Gasteiger partial charge in [-0.05, 0) is 37.9 Å². The van der Waals surface area contributed by atoms with E-state index >= 15 is 0 Å². The van der Waals surface area contributed by atoms with E-state index in [0.717, 1.165) is 5.56 Å². The van der Waals surface area contributed by atoms with Crippen molar-refractivity contribution in [1.82, 2.24) is 9.62 Å². The van der Waals surface area contributed by atoms with Crippen LogP contribution in [0, 0.1) is 0 Å². The minimum atomic E-state index is -3.75. The molecule has 24 heavy (non-hydrogen) atoms. The van der Waals surface area contributed by atoms with Crippen molar-refractivity contribution in [2.75, 3.05) is 27.7 Å². The molecule has 1 unspecified atom stereocenters. The van der Waals surface area contributed by atoms with Gasteiger partial charge in [-0.15, -0.1) is 0 Å². The minimum absolute atomic E-state index is 0.0306. The third-order valence-corrected chi connectivity index (χ3v) is 5.37. The molecule has 0 saturated carbocycles. The number of methoxy groups -OCH3 is 1. The summed E-state index contributed by atoms with van der Waals surface area (Å²) in [6, 6.07) is 14.2. The lowest BCUT2D eigenvalue weighted by Crippen LogP contribution is -2.34. The second-order valence-electron chi connectivity index (χ2n) is 5.54. The van der Waals surface area contributed by atoms with Crippen molar-refractivity contribution in [3.8, 4) is 5.75 Å². The molecule has 130 valence electrons. The highest BCUT2D eigenvalue weighted by Crippen LogP contribution is 2.27. The molecule has 0 aliphatic heterocycles. The molecule has 2 rings (SSSR count). The Bertz CT molecular complexity index is 780. The van der Waals surface area contributed by atoms with E-state index in [0.29, 0.717) is 5.02 Å². The standard InChI is InChI=1S/C17H21ClN2O3S/c1-20(2)15(13-7-5-4-6-8-13)12-19-24(21,22)17-11-14(18)9-10-16(17)23-3/h4-11,15,19H,12H2,1-3H3. The van der Waals surface area contributed by atoms with E-state index in [1.165, 1.54) is 19.2 Å². The molecule has 1 N–H and O–H groups in total. The summed E-state index contributed by atoms with van der Waals surface area (Å²) in [5.41, 5.74) is 1.03. The van der Waals surface area contributed by atoms with Crippen molar-refractivity contribution in [1.29, 1.82) is 0 Å². The molecular weight excluding hydrogens is 348 g/mol. The zero-order valence-corrected chi connectivity index (χ0v) is 15.4. The fourth-order valence-corrected chi connectivity index (χ4v) is 3.87. The van der Waals surface area contributed by atoms with Gasteiger partial charge >= 0.3 is 0 Å². The predicted molar refractivity (Wildman–Crippen MR) is 96.1 cm³/mol. The topological polar surface area (TPSA) is 58.6 Å². The zero-order valence-electron chi connectivity index (χ0n) is 13.9. The number of hydrogen-bond acceptors (Lipinski definition) is 4. The Hall–Kier alpha value is -1.60. The molecular formula is C17H21ClN2O3S. The number of nitrogens with one attached hydrogen (secondary N) is 1. The predicted octanol–water partition coefficient (Wildman–Crippen LogP) is 2.93. The average molecular weight is 369 g/mol. The molecule has 0 saturated heterocycles. The van der Waals surface area contributed by atoms with Crippen molar-refractivity contribution in [3.05, 3.63) is 59.1 Å². The van der Waals surface area contributed by atoms with Gasteiger partial charge in [0.05, 0.1) is 7.11 Å². The number of likely N-dealkylation sites (N-methyl/N-ethyl adjacent to an activating group) is 1. The third kappa shape index (κ3) is 4.48. The summed E-state index contributed by atoms with van der Waals surface area (Å²) in [6.07, 6.45) is 0. The smallest absolute Gasteiger partial charge is 0.244 e. The van der Waals surface area contributed by atoms with Crippen LogP contribution in [0.15, 0.2) is 53.4 Å². The maximum absolute atomic E-state index is 12.7. The molecule has 0 aliphatic rings. The Balaban J connectivity index is 2.24. The maximum Gasteiger partial charge on any atom is 0.244 e. The van der Waals surface area contributed by atoms with Crippen molar-refractivity contribution >= 4 is 21.6 Å². The molecule has 0 fully saturated rings. The second kappa shape index (κ2) is 7.98. The van der Waals surface area contributed by atoms with Gasteiger partial charge in [0.2, 0.25) is 10.0 Å². The number of rotatable bonds is 7. The lowest BCUT2D eigenvalue weighted by molar-refractivity contribution is 0.299. The van der Waals surface area contributed by atoms with Gasteiger partial charge in [-0.1, -0.05) is 41.9 Å². The van der Waals surface area contributed by atoms with E-state index in [-0.39, 0.29) is 23.2 Å². The summed E-state index contributed by atoms with van der Waals surface area (Å²) in [5.74, 6) is 0.257. The highest BCUT2D eigenvalue weighted by molar-refractivity contribution is 7.89. The van der Waals surface area contributed by atoms with Crippen molar-refractivity contribution in [2.24, 2.45) is 0 Å². The minimum Gasteiger partial charge on any atom is -0.495 e. The molecule has 0 radical (unpaired) electrons. The van der Waals surface area contributed by atoms with Crippen LogP contribution in [0.25, 0.3) is 0 Å². The van der Waals surface area contributed by atoms with Crippen LogP contribution in [0.2, 0.25) is 5.02 Å². The fraction of sp³-hybridized carbons (Fsp3) is 0.294. The van der Waals surface area contributed by atoms with Crippen LogP contribution >= 0.6 is 11.6 Å². The summed E-state index contributed by atoms with van der Waals surface area (Å²) in [5, 5.41) is 0.336. The normalized spacial score (nSPS) is 13.0. The Morgan fingerprint density at radius 3 is 2.42 bits per heavy atom. The molecule has 2 aromatic carbocycles. The second-order valence-corrected chi connectivity index (χ2v) is 7.71. The van der Waals surface area contributed by atoms with Crippen LogP contribution in [0.3, 0.4) is 0 Å². The molecule has 0 aromatic heterocycles. The SMILES string of the molecule is COc1ccc(Cl)cc1S(=O)(=O)NCC(c1ccccc1)N(C)C. The lowest BCUT2D eigenvalue weighted by Gasteiger charge is -2.25. The van der Waals surface area contributed by atoms with Crippen LogP contribution in [0.4, 0.5) is 0 Å². The Morgan fingerprint density at radius 2 is 1.83 bits per heavy atom. The molecule has 0 bridgehead atoms. The summed E-state index contributed by atoms with van der Waals surface area (Å²) < 4.78 is 33.1. The van der Waals surface area contributed by atoms with Gasteiger partial charge < -0.3 is 9.64 Å². The molecule has 0 heterocycles. The highest BCUT2D eigenvalue weighted by Gasteiger charge is 2.23. The van der Waals surface area contributed by atoms with Crippen LogP contribution in [0.5, 0.6) is 5.75 Å². The first-order valence-corrected chi connectivity index (χ1v) is 9.26. The monoisotopic (exact) mass is 368 g/mol. The molecule has 0 amide bonds. The first kappa shape index (κ1) is 18.7. The van der Waals surface area contributed by atoms with Crippen LogP contribution in [-0.4, -0.2) is 41.1 Å². The lowest BCUT2D eigenvalue weighted by atomic mass is 10.1. The molecule has 7 heteroatoms. The summed E-state index contributed by atoms with van der Waals surface area (Å²) in [7, 11) is 1.49. The van der Waals surface area contributed by atoms with Gasteiger partial charge in [0, 0.05) is 17.6 Å². The van der Waals surface area contributed by atoms with Gasteiger partial charge in [-0.2, -0.15) is 0 Å². The number of sulfonamides is 1. The summed E-state index contributed by atoms with van der Waals surface area (Å²) >= 11 is 5.93. The number of hydrogen-bond donors (Lipinski definition) is 1. The van der Waals surface area contributed by atoms with Gasteiger partial charge in [0.1, 0.15) is 10.6 Å². The average Bonchev–Trinajstić information content (AvgIpc) is 2.55. The fourth-order valence-electron chi connectivity index (χ4n) is 2.40. The van der Waals surface area contributed by atoms with Crippen molar-refractivity contribution in [3.63, 3.8) is 0 Å². The van der Waals surface area contributed by atoms with Gasteiger partial charge in [-0.3, -0.25) is 0 Å². The van der Waals surface area contributed by atoms with Crippen LogP contribution < -0.4 is 9.46 Å². The van der Waals surface area contributed by atoms with Gasteiger partial charge in [0.15, 0.2) is 0 Å². The summed E-state index contributed by atoms with van der Waals surface area (Å²) in [4.78, 5) is 2.00. The molecule has 0 spiro atoms. The van der Waals surface area contributed by atoms with Gasteiger partial charge in [-0.25, -0.2) is 13.1 Å². The Morgan fingerprint density at radius 1 is 1.17 bits per heavy atom. The largest absolute Gasteiger partial charge is 0.495 e. The third-order valence-electron chi connectivity index (χ3n) is 3.69. The Kier molecular flexibility index (Phi) is 6.23. The maximum atomic E-state index is 12.7.